The molecule has 2 aliphatic rings. The van der Waals surface area contributed by atoms with Crippen LogP contribution >= 0.6 is 8.60 Å². The lowest BCUT2D eigenvalue weighted by Gasteiger charge is -2.25. The van der Waals surface area contributed by atoms with Gasteiger partial charge in [-0.2, -0.15) is 4.98 Å². The van der Waals surface area contributed by atoms with Crippen LogP contribution in [-0.4, -0.2) is 50.4 Å². The van der Waals surface area contributed by atoms with Crippen molar-refractivity contribution in [3.63, 3.8) is 0 Å². The molecule has 1 fully saturated rings. The highest BCUT2D eigenvalue weighted by Gasteiger charge is 2.37. The number of para-hydroxylation sites is 1. The molecule has 0 saturated carbocycles. The maximum atomic E-state index is 11.9. The van der Waals surface area contributed by atoms with E-state index in [1.54, 1.807) is 4.57 Å². The number of aliphatic hydroxyl groups excluding tert-OH is 1. The number of aromatic nitrogens is 4. The van der Waals surface area contributed by atoms with E-state index in [4.69, 9.17) is 24.0 Å². The zero-order chi connectivity index (χ0) is 22.7. The molecular formula is C18H20F2N5O6P. The second-order valence-electron chi connectivity index (χ2n) is 6.80. The fourth-order valence-electron chi connectivity index (χ4n) is 3.33. The number of rotatable bonds is 4. The third-order valence-corrected chi connectivity index (χ3v) is 5.83. The average Bonchev–Trinajstić information content (AvgIpc) is 3.36. The number of hydrogen-bond donors (Lipinski definition) is 3. The molecule has 5 rings (SSSR count). The summed E-state index contributed by atoms with van der Waals surface area (Å²) in [6, 6.07) is 7.59. The minimum atomic E-state index is -1.75. The molecule has 1 aromatic carbocycles. The van der Waals surface area contributed by atoms with Crippen molar-refractivity contribution in [2.24, 2.45) is 0 Å². The maximum Gasteiger partial charge on any atom is 0.397 e. The van der Waals surface area contributed by atoms with Gasteiger partial charge in [-0.1, -0.05) is 18.2 Å². The summed E-state index contributed by atoms with van der Waals surface area (Å²) in [6.07, 6.45) is -0.191. The van der Waals surface area contributed by atoms with Gasteiger partial charge in [-0.3, -0.25) is 23.4 Å². The molecule has 0 radical (unpaired) electrons. The van der Waals surface area contributed by atoms with Crippen LogP contribution < -0.4 is 15.8 Å². The number of hydrogen-bond acceptors (Lipinski definition) is 9. The van der Waals surface area contributed by atoms with Crippen molar-refractivity contribution < 1.29 is 32.2 Å². The number of nitrogens with one attached hydrogen (secondary N) is 1. The highest BCUT2D eigenvalue weighted by molar-refractivity contribution is 7.42. The van der Waals surface area contributed by atoms with Crippen molar-refractivity contribution in [3.8, 4) is 5.75 Å². The van der Waals surface area contributed by atoms with Gasteiger partial charge < -0.3 is 20.1 Å². The van der Waals surface area contributed by atoms with Crippen LogP contribution in [0.4, 0.5) is 14.7 Å². The summed E-state index contributed by atoms with van der Waals surface area (Å²) in [5, 5.41) is 10.4. The van der Waals surface area contributed by atoms with E-state index in [0.29, 0.717) is 12.3 Å². The molecule has 0 spiro atoms. The number of nitrogens with zero attached hydrogens (tertiary/aromatic N) is 3. The summed E-state index contributed by atoms with van der Waals surface area (Å²) in [5.74, 6) is 0.715. The standard InChI is InChI=1S/C17H18N5O6P.CH2F2/c18-17-20-15-14(16(24)21-17)19-8-22(15)13-5-10(23)12(27-13)7-26-29-25-6-9-3-1-2-4-11(9)28-29;2-1-3/h1-4,8,10,12-13,23H,5-7H2,(H3,18,20,21,24);1H2. The third-order valence-electron chi connectivity index (χ3n) is 4.78. The van der Waals surface area contributed by atoms with Crippen molar-refractivity contribution in [1.29, 1.82) is 0 Å². The number of nitrogens with two attached hydrogens (primary N) is 1. The molecule has 2 aromatic heterocycles. The number of alkyl halides is 2. The smallest absolute Gasteiger partial charge is 0.397 e. The number of benzene rings is 1. The summed E-state index contributed by atoms with van der Waals surface area (Å²) in [7, 11) is -1.57. The Morgan fingerprint density at radius 3 is 2.97 bits per heavy atom. The molecule has 172 valence electrons. The van der Waals surface area contributed by atoms with Crippen LogP contribution in [0.5, 0.6) is 5.75 Å². The predicted octanol–water partition coefficient (Wildman–Crippen LogP) is 2.09. The van der Waals surface area contributed by atoms with Crippen LogP contribution in [-0.2, 0) is 20.4 Å². The Morgan fingerprint density at radius 2 is 2.16 bits per heavy atom. The summed E-state index contributed by atoms with van der Waals surface area (Å²) in [4.78, 5) is 22.5. The van der Waals surface area contributed by atoms with E-state index >= 15 is 0 Å². The average molecular weight is 471 g/mol. The van der Waals surface area contributed by atoms with Gasteiger partial charge in [-0.15, -0.1) is 0 Å². The molecule has 14 heteroatoms. The molecule has 4 unspecified atom stereocenters. The van der Waals surface area contributed by atoms with Gasteiger partial charge in [0, 0.05) is 12.0 Å². The number of anilines is 1. The van der Waals surface area contributed by atoms with Crippen molar-refractivity contribution in [2.45, 2.75) is 31.5 Å². The van der Waals surface area contributed by atoms with E-state index in [9.17, 15) is 18.7 Å². The van der Waals surface area contributed by atoms with Crippen molar-refractivity contribution >= 4 is 25.7 Å². The zero-order valence-corrected chi connectivity index (χ0v) is 17.5. The fourth-order valence-corrected chi connectivity index (χ4v) is 4.36. The van der Waals surface area contributed by atoms with Crippen LogP contribution in [0.1, 0.15) is 18.2 Å². The monoisotopic (exact) mass is 471 g/mol. The first kappa shape index (κ1) is 22.5. The Bertz CT molecular complexity index is 1130. The molecular weight excluding hydrogens is 451 g/mol. The third kappa shape index (κ3) is 4.71. The first-order valence-electron chi connectivity index (χ1n) is 9.49. The van der Waals surface area contributed by atoms with Gasteiger partial charge in [0.25, 0.3) is 5.56 Å². The molecule has 0 aliphatic carbocycles. The summed E-state index contributed by atoms with van der Waals surface area (Å²) in [5.41, 5.74) is 6.61. The number of halogens is 2. The van der Waals surface area contributed by atoms with Crippen LogP contribution in [0.3, 0.4) is 0 Å². The minimum Gasteiger partial charge on any atom is -0.426 e. The zero-order valence-electron chi connectivity index (χ0n) is 16.6. The van der Waals surface area contributed by atoms with Crippen LogP contribution in [0, 0.1) is 0 Å². The lowest BCUT2D eigenvalue weighted by molar-refractivity contribution is -0.0409. The SMILES string of the molecule is FCF.Nc1nc2c(ncn2C2CC(O)C(COP3OCc4ccccc4O3)O2)c(=O)[nH]1. The first-order chi connectivity index (χ1) is 15.5. The number of H-pyrrole nitrogens is 1. The van der Waals surface area contributed by atoms with E-state index in [1.807, 2.05) is 24.3 Å². The highest BCUT2D eigenvalue weighted by Crippen LogP contribution is 2.47. The minimum absolute atomic E-state index is 0.0163. The second-order valence-corrected chi connectivity index (χ2v) is 7.95. The molecule has 32 heavy (non-hydrogen) atoms. The van der Waals surface area contributed by atoms with Crippen molar-refractivity contribution in [3.05, 3.63) is 46.5 Å². The predicted molar refractivity (Wildman–Crippen MR) is 109 cm³/mol. The first-order valence-corrected chi connectivity index (χ1v) is 10.6. The Morgan fingerprint density at radius 1 is 1.38 bits per heavy atom. The summed E-state index contributed by atoms with van der Waals surface area (Å²) >= 11 is 0. The lowest BCUT2D eigenvalue weighted by atomic mass is 10.2. The highest BCUT2D eigenvalue weighted by atomic mass is 31.2. The summed E-state index contributed by atoms with van der Waals surface area (Å²) < 4.78 is 43.8. The second kappa shape index (κ2) is 9.84. The normalized spacial score (nSPS) is 24.5. The number of aliphatic hydroxyl groups is 1. The van der Waals surface area contributed by atoms with Crippen LogP contribution in [0.2, 0.25) is 0 Å². The maximum absolute atomic E-state index is 11.9. The molecule has 4 atom stereocenters. The van der Waals surface area contributed by atoms with Crippen LogP contribution in [0.25, 0.3) is 11.2 Å². The quantitative estimate of drug-likeness (QED) is 0.487. The molecule has 3 aromatic rings. The van der Waals surface area contributed by atoms with E-state index in [0.717, 1.165) is 11.3 Å². The van der Waals surface area contributed by atoms with Gasteiger partial charge >= 0.3 is 8.60 Å². The molecule has 0 bridgehead atoms. The van der Waals surface area contributed by atoms with Crippen LogP contribution in [0.15, 0.2) is 35.4 Å². The molecule has 4 heterocycles. The number of ether oxygens (including phenoxy) is 1. The van der Waals surface area contributed by atoms with Gasteiger partial charge in [-0.25, -0.2) is 13.8 Å². The topological polar surface area (TPSA) is 147 Å². The molecule has 2 aliphatic heterocycles. The fraction of sp³-hybridized carbons (Fsp3) is 0.389. The van der Waals surface area contributed by atoms with Crippen molar-refractivity contribution in [2.75, 3.05) is 19.3 Å². The van der Waals surface area contributed by atoms with Gasteiger partial charge in [0.1, 0.15) is 18.1 Å². The van der Waals surface area contributed by atoms with Gasteiger partial charge in [0.05, 0.1) is 25.6 Å². The number of aromatic amines is 1. The number of nitrogen functional groups attached to an aromatic ring is 1. The molecule has 4 N–H and O–H groups in total. The van der Waals surface area contributed by atoms with E-state index in [2.05, 4.69) is 15.0 Å². The molecule has 0 amide bonds. The van der Waals surface area contributed by atoms with Gasteiger partial charge in [-0.05, 0) is 6.07 Å². The number of imidazole rings is 1. The van der Waals surface area contributed by atoms with E-state index < -0.39 is 39.5 Å². The van der Waals surface area contributed by atoms with Gasteiger partial charge in [0.15, 0.2) is 11.2 Å². The Labute approximate surface area is 181 Å². The molecule has 1 saturated heterocycles. The van der Waals surface area contributed by atoms with E-state index in [-0.39, 0.29) is 24.5 Å². The van der Waals surface area contributed by atoms with Gasteiger partial charge in [0.2, 0.25) is 12.9 Å². The van der Waals surface area contributed by atoms with E-state index in [1.165, 1.54) is 6.33 Å². The Balaban J connectivity index is 0.000000775. The lowest BCUT2D eigenvalue weighted by Crippen LogP contribution is -2.26. The largest absolute Gasteiger partial charge is 0.426 e. The van der Waals surface area contributed by atoms with Crippen molar-refractivity contribution in [1.82, 2.24) is 19.5 Å². The summed E-state index contributed by atoms with van der Waals surface area (Å²) in [6.45, 7) is -1.25. The Kier molecular flexibility index (Phi) is 6.92. The molecule has 11 nitrogen and oxygen atoms in total. The Hall–Kier alpha value is -2.70. The number of fused-ring (bicyclic) bond motifs is 2.